The molecule has 0 unspecified atom stereocenters. The molecule has 0 saturated heterocycles. The van der Waals surface area contributed by atoms with Gasteiger partial charge in [-0.15, -0.1) is 0 Å². The van der Waals surface area contributed by atoms with Crippen molar-refractivity contribution in [3.63, 3.8) is 0 Å². The zero-order chi connectivity index (χ0) is 31.8. The molecule has 8 heteroatoms. The molecule has 3 N–H and O–H groups in total. The van der Waals surface area contributed by atoms with Gasteiger partial charge in [-0.3, -0.25) is 0 Å². The first-order valence-corrected chi connectivity index (χ1v) is 14.1. The van der Waals surface area contributed by atoms with Crippen LogP contribution in [0.5, 0.6) is 0 Å². The fraction of sp³-hybridized carbons (Fsp3) is 0.485. The van der Waals surface area contributed by atoms with E-state index in [2.05, 4.69) is 104 Å². The summed E-state index contributed by atoms with van der Waals surface area (Å²) in [6.07, 6.45) is 9.55. The van der Waals surface area contributed by atoms with Crippen molar-refractivity contribution in [1.82, 2.24) is 24.8 Å². The minimum absolute atomic E-state index is 0.0637. The Morgan fingerprint density at radius 3 is 2.29 bits per heavy atom. The largest absolute Gasteiger partial charge is 0.400 e. The number of allylic oxidation sites excluding steroid dienone is 5. The van der Waals surface area contributed by atoms with E-state index < -0.39 is 0 Å². The molecule has 3 rings (SSSR count). The quantitative estimate of drug-likeness (QED) is 0.249. The van der Waals surface area contributed by atoms with Crippen molar-refractivity contribution in [2.75, 3.05) is 38.0 Å². The number of aliphatic hydroxyl groups is 1. The second-order valence-electron chi connectivity index (χ2n) is 11.0. The molecule has 3 aromatic rings. The number of fused-ring (bicyclic) bond motifs is 1. The van der Waals surface area contributed by atoms with Gasteiger partial charge in [0.1, 0.15) is 5.52 Å². The van der Waals surface area contributed by atoms with Crippen molar-refractivity contribution in [3.05, 3.63) is 72.6 Å². The lowest BCUT2D eigenvalue weighted by atomic mass is 9.87. The average Bonchev–Trinajstić information content (AvgIpc) is 3.34. The third kappa shape index (κ3) is 12.3. The summed E-state index contributed by atoms with van der Waals surface area (Å²) in [7, 11) is 6.93. The third-order valence-electron chi connectivity index (χ3n) is 6.15. The highest BCUT2D eigenvalue weighted by atomic mass is 16.2. The normalized spacial score (nSPS) is 11.5. The summed E-state index contributed by atoms with van der Waals surface area (Å²) in [5, 5.41) is 13.8. The molecule has 0 amide bonds. The van der Waals surface area contributed by atoms with E-state index in [4.69, 9.17) is 10.1 Å². The number of imidazole rings is 1. The van der Waals surface area contributed by atoms with Crippen molar-refractivity contribution < 1.29 is 5.11 Å². The Bertz CT molecular complexity index is 1250. The van der Waals surface area contributed by atoms with Gasteiger partial charge in [-0.25, -0.2) is 4.98 Å². The van der Waals surface area contributed by atoms with Crippen LogP contribution in [0.2, 0.25) is 0 Å². The Labute approximate surface area is 249 Å². The van der Waals surface area contributed by atoms with Crippen LogP contribution in [0.4, 0.5) is 17.5 Å². The van der Waals surface area contributed by atoms with E-state index in [0.717, 1.165) is 30.7 Å². The molecule has 228 valence electrons. The van der Waals surface area contributed by atoms with Gasteiger partial charge in [-0.1, -0.05) is 83.2 Å². The highest BCUT2D eigenvalue weighted by Gasteiger charge is 2.21. The van der Waals surface area contributed by atoms with Crippen LogP contribution in [0.25, 0.3) is 11.2 Å². The standard InChI is InChI=1S/C22H33N7.C8H12.C2H6.CH4O/c1-21(2,3)15-10-9-11-16(12-15)25-19-17-18(24-14-29(17)8)26-20(27-19)28(7)13-22(4,5)23-6;1-4-6-7-8(3)5-2;2*1-2/h9-12,14,23H,13H2,1-8H3,(H,25,26,27);4-7H,1H2,2-3H3;1-2H3;2H,1H3/b;7-6-,8-5-;;. The predicted molar refractivity (Wildman–Crippen MR) is 179 cm³/mol. The Hall–Kier alpha value is -3.49. The Morgan fingerprint density at radius 2 is 1.76 bits per heavy atom. The summed E-state index contributed by atoms with van der Waals surface area (Å²) in [4.78, 5) is 16.1. The first-order valence-electron chi connectivity index (χ1n) is 14.1. The molecule has 1 aromatic carbocycles. The zero-order valence-electron chi connectivity index (χ0n) is 27.8. The number of hydrogen-bond acceptors (Lipinski definition) is 7. The van der Waals surface area contributed by atoms with E-state index in [1.54, 1.807) is 12.4 Å². The molecule has 0 saturated carbocycles. The molecule has 0 radical (unpaired) electrons. The number of benzene rings is 1. The fourth-order valence-electron chi connectivity index (χ4n) is 3.56. The molecule has 0 bridgehead atoms. The number of aromatic nitrogens is 4. The minimum Gasteiger partial charge on any atom is -0.400 e. The maximum Gasteiger partial charge on any atom is 0.229 e. The van der Waals surface area contributed by atoms with Gasteiger partial charge in [0.25, 0.3) is 0 Å². The van der Waals surface area contributed by atoms with Crippen LogP contribution in [-0.4, -0.2) is 57.9 Å². The highest BCUT2D eigenvalue weighted by Crippen LogP contribution is 2.29. The molecule has 0 aliphatic rings. The van der Waals surface area contributed by atoms with Crippen LogP contribution in [0.15, 0.2) is 67.0 Å². The predicted octanol–water partition coefficient (Wildman–Crippen LogP) is 7.17. The van der Waals surface area contributed by atoms with Gasteiger partial charge >= 0.3 is 0 Å². The molecular weight excluding hydrogens is 510 g/mol. The van der Waals surface area contributed by atoms with Crippen LogP contribution in [0.1, 0.15) is 67.9 Å². The summed E-state index contributed by atoms with van der Waals surface area (Å²) in [5.74, 6) is 1.40. The van der Waals surface area contributed by atoms with E-state index in [0.29, 0.717) is 11.6 Å². The summed E-state index contributed by atoms with van der Waals surface area (Å²) in [6.45, 7) is 23.3. The number of likely N-dealkylation sites (N-methyl/N-ethyl adjacent to an activating group) is 2. The van der Waals surface area contributed by atoms with E-state index in [1.165, 1.54) is 11.1 Å². The van der Waals surface area contributed by atoms with E-state index in [1.807, 2.05) is 58.6 Å². The van der Waals surface area contributed by atoms with Crippen molar-refractivity contribution in [1.29, 1.82) is 0 Å². The summed E-state index contributed by atoms with van der Waals surface area (Å²) >= 11 is 0. The monoisotopic (exact) mass is 565 g/mol. The number of nitrogens with zero attached hydrogens (tertiary/aromatic N) is 5. The Morgan fingerprint density at radius 1 is 1.12 bits per heavy atom. The van der Waals surface area contributed by atoms with E-state index in [-0.39, 0.29) is 11.0 Å². The lowest BCUT2D eigenvalue weighted by molar-refractivity contribution is 0.399. The number of hydrogen-bond donors (Lipinski definition) is 3. The number of aryl methyl sites for hydroxylation is 1. The second kappa shape index (κ2) is 18.0. The molecule has 0 atom stereocenters. The summed E-state index contributed by atoms with van der Waals surface area (Å²) in [6, 6.07) is 8.47. The number of anilines is 3. The van der Waals surface area contributed by atoms with Crippen LogP contribution in [0.3, 0.4) is 0 Å². The maximum atomic E-state index is 7.00. The van der Waals surface area contributed by atoms with Crippen molar-refractivity contribution in [2.24, 2.45) is 7.05 Å². The van der Waals surface area contributed by atoms with E-state index >= 15 is 0 Å². The van der Waals surface area contributed by atoms with E-state index in [9.17, 15) is 0 Å². The van der Waals surface area contributed by atoms with Gasteiger partial charge in [0, 0.05) is 39.0 Å². The van der Waals surface area contributed by atoms with Crippen molar-refractivity contribution >= 4 is 28.6 Å². The molecule has 0 aliphatic carbocycles. The van der Waals surface area contributed by atoms with Crippen LogP contribution in [0, 0.1) is 0 Å². The SMILES string of the molecule is C=C/C=C\C(C)=C/C.CC.CNC(C)(C)CN(C)c1nc(Nc2cccc(C(C)(C)C)c2)c2c(ncn2C)n1.CO. The lowest BCUT2D eigenvalue weighted by Crippen LogP contribution is -2.46. The lowest BCUT2D eigenvalue weighted by Gasteiger charge is -2.30. The Kier molecular flexibility index (Phi) is 16.5. The van der Waals surface area contributed by atoms with Gasteiger partial charge in [0.2, 0.25) is 5.95 Å². The van der Waals surface area contributed by atoms with Crippen LogP contribution >= 0.6 is 0 Å². The third-order valence-corrected chi connectivity index (χ3v) is 6.15. The minimum atomic E-state index is -0.0637. The van der Waals surface area contributed by atoms with Gasteiger partial charge < -0.3 is 25.2 Å². The fourth-order valence-corrected chi connectivity index (χ4v) is 3.56. The second-order valence-corrected chi connectivity index (χ2v) is 11.0. The maximum absolute atomic E-state index is 7.00. The molecule has 8 nitrogen and oxygen atoms in total. The highest BCUT2D eigenvalue weighted by molar-refractivity contribution is 5.86. The molecule has 0 spiro atoms. The molecule has 0 aliphatic heterocycles. The van der Waals surface area contributed by atoms with Crippen LogP contribution in [-0.2, 0) is 12.5 Å². The molecule has 2 heterocycles. The smallest absolute Gasteiger partial charge is 0.229 e. The van der Waals surface area contributed by atoms with Gasteiger partial charge in [0.05, 0.1) is 6.33 Å². The molecule has 41 heavy (non-hydrogen) atoms. The molecule has 2 aromatic heterocycles. The first kappa shape index (κ1) is 37.5. The topological polar surface area (TPSA) is 91.1 Å². The van der Waals surface area contributed by atoms with Crippen molar-refractivity contribution in [2.45, 2.75) is 73.3 Å². The van der Waals surface area contributed by atoms with Crippen LogP contribution < -0.4 is 15.5 Å². The number of aliphatic hydroxyl groups excluding tert-OH is 1. The van der Waals surface area contributed by atoms with Gasteiger partial charge in [-0.05, 0) is 57.9 Å². The van der Waals surface area contributed by atoms with Gasteiger partial charge in [-0.2, -0.15) is 9.97 Å². The first-order chi connectivity index (χ1) is 19.3. The average molecular weight is 566 g/mol. The van der Waals surface area contributed by atoms with Crippen molar-refractivity contribution in [3.8, 4) is 0 Å². The summed E-state index contributed by atoms with van der Waals surface area (Å²) in [5.41, 5.74) is 5.12. The number of nitrogens with one attached hydrogen (secondary N) is 2. The zero-order valence-corrected chi connectivity index (χ0v) is 27.8. The number of rotatable bonds is 8. The Balaban J connectivity index is 0.00000114. The molecular formula is C33H55N7O. The summed E-state index contributed by atoms with van der Waals surface area (Å²) < 4.78 is 1.95. The van der Waals surface area contributed by atoms with Gasteiger partial charge in [0.15, 0.2) is 11.5 Å². The molecule has 0 fully saturated rings.